The van der Waals surface area contributed by atoms with Crippen molar-refractivity contribution in [2.45, 2.75) is 6.92 Å². The molecule has 6 heteroatoms. The second kappa shape index (κ2) is 9.83. The zero-order valence-corrected chi connectivity index (χ0v) is 15.3. The fourth-order valence-corrected chi connectivity index (χ4v) is 1.95. The number of carbonyl (C=O) groups is 1. The van der Waals surface area contributed by atoms with Crippen molar-refractivity contribution in [2.24, 2.45) is 10.7 Å². The highest BCUT2D eigenvalue weighted by atomic mass is 127. The summed E-state index contributed by atoms with van der Waals surface area (Å²) >= 11 is 0. The molecule has 23 heavy (non-hydrogen) atoms. The molecular formula is C17H21IN4O. The van der Waals surface area contributed by atoms with Crippen LogP contribution in [0, 0.1) is 6.92 Å². The second-order valence-corrected chi connectivity index (χ2v) is 4.88. The molecule has 0 saturated heterocycles. The van der Waals surface area contributed by atoms with Crippen LogP contribution in [0.4, 0.5) is 5.69 Å². The van der Waals surface area contributed by atoms with Gasteiger partial charge < -0.3 is 16.4 Å². The lowest BCUT2D eigenvalue weighted by Gasteiger charge is -2.07. The molecule has 2 aromatic carbocycles. The van der Waals surface area contributed by atoms with Gasteiger partial charge in [-0.3, -0.25) is 9.79 Å². The van der Waals surface area contributed by atoms with E-state index in [0.717, 1.165) is 11.3 Å². The molecule has 0 radical (unpaired) electrons. The van der Waals surface area contributed by atoms with Crippen LogP contribution in [0.15, 0.2) is 59.6 Å². The van der Waals surface area contributed by atoms with Crippen LogP contribution in [-0.4, -0.2) is 25.0 Å². The van der Waals surface area contributed by atoms with Crippen LogP contribution in [0.25, 0.3) is 0 Å². The maximum atomic E-state index is 11.8. The Morgan fingerprint density at radius 1 is 1.13 bits per heavy atom. The molecule has 0 saturated carbocycles. The Bertz CT molecular complexity index is 659. The number of nitrogens with zero attached hydrogens (tertiary/aromatic N) is 1. The predicted molar refractivity (Wildman–Crippen MR) is 105 cm³/mol. The first-order chi connectivity index (χ1) is 10.6. The van der Waals surface area contributed by atoms with Gasteiger partial charge in [0.15, 0.2) is 5.96 Å². The molecule has 0 aliphatic rings. The monoisotopic (exact) mass is 424 g/mol. The number of amides is 1. The van der Waals surface area contributed by atoms with Crippen LogP contribution in [0.2, 0.25) is 0 Å². The van der Waals surface area contributed by atoms with Crippen molar-refractivity contribution in [2.75, 3.05) is 18.4 Å². The molecule has 122 valence electrons. The summed E-state index contributed by atoms with van der Waals surface area (Å²) in [6.45, 7) is 2.87. The first-order valence-electron chi connectivity index (χ1n) is 7.12. The summed E-state index contributed by atoms with van der Waals surface area (Å²) in [5, 5.41) is 5.82. The van der Waals surface area contributed by atoms with E-state index in [-0.39, 0.29) is 29.9 Å². The van der Waals surface area contributed by atoms with E-state index in [4.69, 9.17) is 5.73 Å². The molecule has 0 bridgehead atoms. The van der Waals surface area contributed by atoms with E-state index in [1.165, 1.54) is 0 Å². The lowest BCUT2D eigenvalue weighted by molar-refractivity contribution is 0.0955. The fraction of sp³-hybridized carbons (Fsp3) is 0.176. The van der Waals surface area contributed by atoms with Gasteiger partial charge in [-0.2, -0.15) is 0 Å². The molecule has 5 nitrogen and oxygen atoms in total. The summed E-state index contributed by atoms with van der Waals surface area (Å²) in [4.78, 5) is 16.0. The molecule has 0 aliphatic carbocycles. The number of hydrogen-bond donors (Lipinski definition) is 3. The number of rotatable bonds is 5. The maximum Gasteiger partial charge on any atom is 0.251 e. The van der Waals surface area contributed by atoms with Crippen molar-refractivity contribution in [3.63, 3.8) is 0 Å². The molecule has 1 amide bonds. The molecule has 0 spiro atoms. The summed E-state index contributed by atoms with van der Waals surface area (Å²) in [5.74, 6) is 0.223. The number of anilines is 1. The molecule has 0 fully saturated rings. The van der Waals surface area contributed by atoms with Gasteiger partial charge in [0.25, 0.3) is 5.91 Å². The van der Waals surface area contributed by atoms with Gasteiger partial charge in [-0.05, 0) is 36.8 Å². The SMILES string of the molecule is Cc1cccc(NC(N)=NCCNC(=O)c2ccccc2)c1.I. The average molecular weight is 424 g/mol. The van der Waals surface area contributed by atoms with Gasteiger partial charge in [0.1, 0.15) is 0 Å². The maximum absolute atomic E-state index is 11.8. The Kier molecular flexibility index (Phi) is 8.10. The molecule has 2 aromatic rings. The lowest BCUT2D eigenvalue weighted by atomic mass is 10.2. The number of halogens is 1. The van der Waals surface area contributed by atoms with Crippen LogP contribution in [-0.2, 0) is 0 Å². The lowest BCUT2D eigenvalue weighted by Crippen LogP contribution is -2.28. The van der Waals surface area contributed by atoms with Gasteiger partial charge in [0.2, 0.25) is 0 Å². The van der Waals surface area contributed by atoms with E-state index in [0.29, 0.717) is 24.6 Å². The highest BCUT2D eigenvalue weighted by Crippen LogP contribution is 2.08. The Hall–Kier alpha value is -2.09. The van der Waals surface area contributed by atoms with Crippen molar-refractivity contribution < 1.29 is 4.79 Å². The minimum atomic E-state index is -0.110. The van der Waals surface area contributed by atoms with Gasteiger partial charge in [-0.1, -0.05) is 30.3 Å². The third-order valence-corrected chi connectivity index (χ3v) is 3.01. The summed E-state index contributed by atoms with van der Waals surface area (Å²) in [5.41, 5.74) is 8.49. The Morgan fingerprint density at radius 3 is 2.57 bits per heavy atom. The number of nitrogens with two attached hydrogens (primary N) is 1. The highest BCUT2D eigenvalue weighted by molar-refractivity contribution is 14.0. The zero-order chi connectivity index (χ0) is 15.8. The van der Waals surface area contributed by atoms with Crippen LogP contribution in [0.3, 0.4) is 0 Å². The third-order valence-electron chi connectivity index (χ3n) is 3.01. The van der Waals surface area contributed by atoms with Gasteiger partial charge in [0.05, 0.1) is 6.54 Å². The molecule has 0 aromatic heterocycles. The van der Waals surface area contributed by atoms with Gasteiger partial charge in [-0.15, -0.1) is 24.0 Å². The third kappa shape index (κ3) is 6.68. The number of carbonyl (C=O) groups excluding carboxylic acids is 1. The van der Waals surface area contributed by atoms with Crippen molar-refractivity contribution in [3.8, 4) is 0 Å². The van der Waals surface area contributed by atoms with Crippen molar-refractivity contribution in [3.05, 3.63) is 65.7 Å². The van der Waals surface area contributed by atoms with Gasteiger partial charge in [-0.25, -0.2) is 0 Å². The molecule has 0 aliphatic heterocycles. The topological polar surface area (TPSA) is 79.5 Å². The van der Waals surface area contributed by atoms with Crippen LogP contribution in [0.1, 0.15) is 15.9 Å². The number of guanidine groups is 1. The van der Waals surface area contributed by atoms with E-state index in [1.54, 1.807) is 12.1 Å². The van der Waals surface area contributed by atoms with Crippen LogP contribution in [0.5, 0.6) is 0 Å². The van der Waals surface area contributed by atoms with Crippen molar-refractivity contribution >= 4 is 41.5 Å². The molecule has 2 rings (SSSR count). The number of nitrogens with one attached hydrogen (secondary N) is 2. The van der Waals surface area contributed by atoms with Gasteiger partial charge in [0, 0.05) is 17.8 Å². The van der Waals surface area contributed by atoms with E-state index in [9.17, 15) is 4.79 Å². The molecular weight excluding hydrogens is 403 g/mol. The Morgan fingerprint density at radius 2 is 1.87 bits per heavy atom. The second-order valence-electron chi connectivity index (χ2n) is 4.88. The standard InChI is InChI=1S/C17H20N4O.HI/c1-13-6-5-9-15(12-13)21-17(18)20-11-10-19-16(22)14-7-3-2-4-8-14;/h2-9,12H,10-11H2,1H3,(H,19,22)(H3,18,20,21);1H. The van der Waals surface area contributed by atoms with E-state index >= 15 is 0 Å². The smallest absolute Gasteiger partial charge is 0.251 e. The fourth-order valence-electron chi connectivity index (χ4n) is 1.95. The minimum absolute atomic E-state index is 0. The summed E-state index contributed by atoms with van der Waals surface area (Å²) in [7, 11) is 0. The largest absolute Gasteiger partial charge is 0.370 e. The van der Waals surface area contributed by atoms with Crippen molar-refractivity contribution in [1.29, 1.82) is 0 Å². The molecule has 0 atom stereocenters. The first-order valence-corrected chi connectivity index (χ1v) is 7.12. The number of benzene rings is 2. The summed E-state index contributed by atoms with van der Waals surface area (Å²) < 4.78 is 0. The zero-order valence-electron chi connectivity index (χ0n) is 13.0. The normalized spacial score (nSPS) is 10.6. The first kappa shape index (κ1) is 19.0. The van der Waals surface area contributed by atoms with Crippen LogP contribution >= 0.6 is 24.0 Å². The Labute approximate surface area is 153 Å². The molecule has 4 N–H and O–H groups in total. The van der Waals surface area contributed by atoms with Gasteiger partial charge >= 0.3 is 0 Å². The predicted octanol–water partition coefficient (Wildman–Crippen LogP) is 2.77. The minimum Gasteiger partial charge on any atom is -0.370 e. The number of aliphatic imine (C=N–C) groups is 1. The number of hydrogen-bond acceptors (Lipinski definition) is 2. The molecule has 0 unspecified atom stereocenters. The van der Waals surface area contributed by atoms with E-state index in [1.807, 2.05) is 49.4 Å². The summed E-state index contributed by atoms with van der Waals surface area (Å²) in [6, 6.07) is 16.9. The van der Waals surface area contributed by atoms with E-state index in [2.05, 4.69) is 15.6 Å². The Balaban J connectivity index is 0.00000264. The number of aryl methyl sites for hydroxylation is 1. The van der Waals surface area contributed by atoms with E-state index < -0.39 is 0 Å². The quantitative estimate of drug-likeness (QED) is 0.299. The average Bonchev–Trinajstić information content (AvgIpc) is 2.52. The highest BCUT2D eigenvalue weighted by Gasteiger charge is 2.02. The molecule has 0 heterocycles. The summed E-state index contributed by atoms with van der Waals surface area (Å²) in [6.07, 6.45) is 0. The van der Waals surface area contributed by atoms with Crippen LogP contribution < -0.4 is 16.4 Å². The van der Waals surface area contributed by atoms with Crippen molar-refractivity contribution in [1.82, 2.24) is 5.32 Å².